The number of hydrogen-bond donors (Lipinski definition) is 1. The number of piperidine rings is 1. The largest absolute Gasteiger partial charge is 0.320 e. The topological polar surface area (TPSA) is 42.7 Å². The van der Waals surface area contributed by atoms with Crippen molar-refractivity contribution >= 4 is 0 Å². The Hall–Kier alpha value is -0.900. The third-order valence-corrected chi connectivity index (χ3v) is 3.33. The Bertz CT molecular complexity index is 299. The van der Waals surface area contributed by atoms with Crippen molar-refractivity contribution in [2.45, 2.75) is 31.6 Å². The van der Waals surface area contributed by atoms with Gasteiger partial charge in [0.25, 0.3) is 0 Å². The molecule has 0 aliphatic carbocycles. The number of rotatable bonds is 2. The van der Waals surface area contributed by atoms with Crippen LogP contribution in [0.15, 0.2) is 6.33 Å². The van der Waals surface area contributed by atoms with E-state index < -0.39 is 0 Å². The van der Waals surface area contributed by atoms with Crippen molar-refractivity contribution in [3.63, 3.8) is 0 Å². The highest BCUT2D eigenvalue weighted by Crippen LogP contribution is 2.32. The number of aryl methyl sites for hydroxylation is 1. The fraction of sp³-hybridized carbons (Fsp3) is 0.800. The molecule has 4 nitrogen and oxygen atoms in total. The first kappa shape index (κ1) is 9.65. The van der Waals surface area contributed by atoms with Gasteiger partial charge in [-0.05, 0) is 25.8 Å². The van der Waals surface area contributed by atoms with Gasteiger partial charge in [-0.15, -0.1) is 10.2 Å². The average molecular weight is 194 g/mol. The number of hydrogen-bond acceptors (Lipinski definition) is 3. The molecule has 1 N–H and O–H groups in total. The molecule has 4 heteroatoms. The molecule has 2 rings (SSSR count). The van der Waals surface area contributed by atoms with Crippen molar-refractivity contribution < 1.29 is 0 Å². The average Bonchev–Trinajstić information content (AvgIpc) is 2.66. The lowest BCUT2D eigenvalue weighted by atomic mass is 9.77. The Kier molecular flexibility index (Phi) is 2.54. The van der Waals surface area contributed by atoms with Crippen LogP contribution in [-0.4, -0.2) is 27.9 Å². The fourth-order valence-corrected chi connectivity index (χ4v) is 2.38. The van der Waals surface area contributed by atoms with Gasteiger partial charge in [-0.2, -0.15) is 0 Å². The molecule has 78 valence electrons. The first-order valence-corrected chi connectivity index (χ1v) is 5.34. The summed E-state index contributed by atoms with van der Waals surface area (Å²) in [7, 11) is 2.03. The predicted octanol–water partition coefficient (Wildman–Crippen LogP) is 0.846. The van der Waals surface area contributed by atoms with Crippen molar-refractivity contribution in [2.24, 2.45) is 7.05 Å². The van der Waals surface area contributed by atoms with Crippen LogP contribution in [0.2, 0.25) is 0 Å². The second kappa shape index (κ2) is 3.69. The van der Waals surface area contributed by atoms with Crippen molar-refractivity contribution in [3.05, 3.63) is 12.2 Å². The molecule has 1 aromatic rings. The summed E-state index contributed by atoms with van der Waals surface area (Å²) in [4.78, 5) is 0. The Labute approximate surface area is 84.7 Å². The summed E-state index contributed by atoms with van der Waals surface area (Å²) < 4.78 is 2.05. The minimum atomic E-state index is 0.212. The Morgan fingerprint density at radius 1 is 1.64 bits per heavy atom. The number of nitrogens with one attached hydrogen (secondary N) is 1. The van der Waals surface area contributed by atoms with Crippen molar-refractivity contribution in [1.29, 1.82) is 0 Å². The van der Waals surface area contributed by atoms with Crippen LogP contribution in [0.1, 0.15) is 32.0 Å². The summed E-state index contributed by atoms with van der Waals surface area (Å²) in [5.41, 5.74) is 0.212. The van der Waals surface area contributed by atoms with Crippen molar-refractivity contribution in [1.82, 2.24) is 20.1 Å². The molecule has 1 unspecified atom stereocenters. The van der Waals surface area contributed by atoms with Crippen molar-refractivity contribution in [2.75, 3.05) is 13.1 Å². The van der Waals surface area contributed by atoms with Gasteiger partial charge >= 0.3 is 0 Å². The quantitative estimate of drug-likeness (QED) is 0.759. The van der Waals surface area contributed by atoms with E-state index in [4.69, 9.17) is 0 Å². The minimum Gasteiger partial charge on any atom is -0.320 e. The highest BCUT2D eigenvalue weighted by atomic mass is 15.3. The smallest absolute Gasteiger partial charge is 0.140 e. The van der Waals surface area contributed by atoms with Crippen molar-refractivity contribution in [3.8, 4) is 0 Å². The standard InChI is InChI=1S/C10H18N4/c1-3-10(5-4-6-11-7-10)9-13-12-8-14(9)2/h8,11H,3-7H2,1-2H3. The van der Waals surface area contributed by atoms with E-state index >= 15 is 0 Å². The summed E-state index contributed by atoms with van der Waals surface area (Å²) in [6, 6.07) is 0. The number of nitrogens with zero attached hydrogens (tertiary/aromatic N) is 3. The maximum absolute atomic E-state index is 4.26. The summed E-state index contributed by atoms with van der Waals surface area (Å²) in [5.74, 6) is 1.13. The van der Waals surface area contributed by atoms with E-state index in [0.717, 1.165) is 25.3 Å². The van der Waals surface area contributed by atoms with Gasteiger partial charge in [0, 0.05) is 19.0 Å². The monoisotopic (exact) mass is 194 g/mol. The van der Waals surface area contributed by atoms with Crippen LogP contribution < -0.4 is 5.32 Å². The minimum absolute atomic E-state index is 0.212. The van der Waals surface area contributed by atoms with Gasteiger partial charge < -0.3 is 9.88 Å². The molecule has 0 amide bonds. The van der Waals surface area contributed by atoms with Crippen LogP contribution in [0.25, 0.3) is 0 Å². The molecule has 1 atom stereocenters. The Morgan fingerprint density at radius 3 is 3.00 bits per heavy atom. The lowest BCUT2D eigenvalue weighted by Crippen LogP contribution is -2.44. The zero-order valence-electron chi connectivity index (χ0n) is 8.95. The van der Waals surface area contributed by atoms with Gasteiger partial charge in [0.1, 0.15) is 12.2 Å². The predicted molar refractivity (Wildman–Crippen MR) is 55.1 cm³/mol. The van der Waals surface area contributed by atoms with Gasteiger partial charge in [0.2, 0.25) is 0 Å². The maximum Gasteiger partial charge on any atom is 0.140 e. The van der Waals surface area contributed by atoms with Gasteiger partial charge in [0.05, 0.1) is 0 Å². The molecule has 0 radical (unpaired) electrons. The lowest BCUT2D eigenvalue weighted by molar-refractivity contribution is 0.281. The molecular formula is C10H18N4. The summed E-state index contributed by atoms with van der Waals surface area (Å²) >= 11 is 0. The van der Waals surface area contributed by atoms with Crippen LogP contribution >= 0.6 is 0 Å². The second-order valence-corrected chi connectivity index (χ2v) is 4.18. The maximum atomic E-state index is 4.26. The van der Waals surface area contributed by atoms with Crippen LogP contribution in [0.4, 0.5) is 0 Å². The Balaban J connectivity index is 2.31. The van der Waals surface area contributed by atoms with E-state index in [1.54, 1.807) is 6.33 Å². The molecule has 1 fully saturated rings. The first-order valence-electron chi connectivity index (χ1n) is 5.34. The molecule has 1 aromatic heterocycles. The van der Waals surface area contributed by atoms with E-state index in [2.05, 4.69) is 27.0 Å². The zero-order chi connectivity index (χ0) is 10.0. The van der Waals surface area contributed by atoms with E-state index in [9.17, 15) is 0 Å². The van der Waals surface area contributed by atoms with Crippen LogP contribution in [0.5, 0.6) is 0 Å². The molecule has 1 aliphatic rings. The lowest BCUT2D eigenvalue weighted by Gasteiger charge is -2.35. The highest BCUT2D eigenvalue weighted by Gasteiger charge is 2.35. The second-order valence-electron chi connectivity index (χ2n) is 4.18. The summed E-state index contributed by atoms with van der Waals surface area (Å²) in [5, 5.41) is 11.7. The third-order valence-electron chi connectivity index (χ3n) is 3.33. The molecule has 0 spiro atoms. The first-order chi connectivity index (χ1) is 6.78. The van der Waals surface area contributed by atoms with Crippen LogP contribution in [-0.2, 0) is 12.5 Å². The molecule has 1 aliphatic heterocycles. The van der Waals surface area contributed by atoms with Gasteiger partial charge in [-0.3, -0.25) is 0 Å². The SMILES string of the molecule is CCC1(c2nncn2C)CCCNC1. The number of aromatic nitrogens is 3. The Morgan fingerprint density at radius 2 is 2.50 bits per heavy atom. The van der Waals surface area contributed by atoms with E-state index in [1.165, 1.54) is 12.8 Å². The van der Waals surface area contributed by atoms with Gasteiger partial charge in [-0.1, -0.05) is 6.92 Å². The van der Waals surface area contributed by atoms with Crippen LogP contribution in [0, 0.1) is 0 Å². The molecule has 2 heterocycles. The summed E-state index contributed by atoms with van der Waals surface area (Å²) in [6.45, 7) is 4.41. The van der Waals surface area contributed by atoms with E-state index in [0.29, 0.717) is 0 Å². The molecule has 0 bridgehead atoms. The highest BCUT2D eigenvalue weighted by molar-refractivity contribution is 5.10. The van der Waals surface area contributed by atoms with E-state index in [-0.39, 0.29) is 5.41 Å². The van der Waals surface area contributed by atoms with Crippen LogP contribution in [0.3, 0.4) is 0 Å². The third kappa shape index (κ3) is 1.43. The fourth-order valence-electron chi connectivity index (χ4n) is 2.38. The molecule has 0 saturated carbocycles. The molecule has 1 saturated heterocycles. The molecular weight excluding hydrogens is 176 g/mol. The molecule has 14 heavy (non-hydrogen) atoms. The van der Waals surface area contributed by atoms with E-state index in [1.807, 2.05) is 7.05 Å². The van der Waals surface area contributed by atoms with Gasteiger partial charge in [0.15, 0.2) is 0 Å². The molecule has 0 aromatic carbocycles. The summed E-state index contributed by atoms with van der Waals surface area (Å²) in [6.07, 6.45) is 5.39. The normalized spacial score (nSPS) is 27.9. The van der Waals surface area contributed by atoms with Gasteiger partial charge in [-0.25, -0.2) is 0 Å². The zero-order valence-corrected chi connectivity index (χ0v) is 8.95.